The molecule has 0 saturated heterocycles. The van der Waals surface area contributed by atoms with E-state index in [2.05, 4.69) is 14.9 Å². The van der Waals surface area contributed by atoms with Gasteiger partial charge in [0.15, 0.2) is 0 Å². The van der Waals surface area contributed by atoms with Gasteiger partial charge >= 0.3 is 6.18 Å². The minimum atomic E-state index is -4.17. The molecular weight excluding hydrogens is 295 g/mol. The molecule has 2 aromatic rings. The molecular formula is C11H10F3N3S2. The van der Waals surface area contributed by atoms with E-state index in [0.29, 0.717) is 17.1 Å². The second-order valence-electron chi connectivity index (χ2n) is 3.65. The Morgan fingerprint density at radius 2 is 2.05 bits per heavy atom. The molecule has 8 heteroatoms. The topological polar surface area (TPSA) is 37.8 Å². The summed E-state index contributed by atoms with van der Waals surface area (Å²) in [6.07, 6.45) is -4.17. The minimum absolute atomic E-state index is 0.445. The summed E-state index contributed by atoms with van der Waals surface area (Å²) in [5, 5.41) is 8.72. The van der Waals surface area contributed by atoms with Gasteiger partial charge in [-0.2, -0.15) is 13.2 Å². The van der Waals surface area contributed by atoms with Crippen LogP contribution in [0.5, 0.6) is 0 Å². The van der Waals surface area contributed by atoms with Gasteiger partial charge in [0.05, 0.1) is 18.0 Å². The van der Waals surface area contributed by atoms with Gasteiger partial charge in [-0.05, 0) is 23.7 Å². The van der Waals surface area contributed by atoms with Gasteiger partial charge < -0.3 is 5.32 Å². The van der Waals surface area contributed by atoms with Crippen molar-refractivity contribution in [1.29, 1.82) is 0 Å². The van der Waals surface area contributed by atoms with E-state index in [1.165, 1.54) is 11.5 Å². The first-order valence-corrected chi connectivity index (χ1v) is 7.15. The van der Waals surface area contributed by atoms with Crippen molar-refractivity contribution in [1.82, 2.24) is 9.59 Å². The van der Waals surface area contributed by atoms with Gasteiger partial charge in [-0.15, -0.1) is 16.9 Å². The van der Waals surface area contributed by atoms with Crippen LogP contribution < -0.4 is 5.32 Å². The van der Waals surface area contributed by atoms with E-state index >= 15 is 0 Å². The Kier molecular flexibility index (Phi) is 4.65. The molecule has 0 aliphatic carbocycles. The number of nitrogens with zero attached hydrogens (tertiary/aromatic N) is 2. The number of nitrogens with one attached hydrogen (secondary N) is 1. The Hall–Kier alpha value is -1.28. The van der Waals surface area contributed by atoms with Gasteiger partial charge in [0, 0.05) is 16.0 Å². The molecule has 0 aliphatic rings. The average molecular weight is 305 g/mol. The molecule has 102 valence electrons. The van der Waals surface area contributed by atoms with E-state index in [0.717, 1.165) is 17.5 Å². The number of anilines is 1. The second-order valence-corrected chi connectivity index (χ2v) is 5.28. The summed E-state index contributed by atoms with van der Waals surface area (Å²) in [6, 6.07) is 6.91. The highest BCUT2D eigenvalue weighted by Crippen LogP contribution is 2.32. The average Bonchev–Trinajstić information content (AvgIpc) is 2.87. The predicted octanol–water partition coefficient (Wildman–Crippen LogP) is 3.80. The van der Waals surface area contributed by atoms with Crippen molar-refractivity contribution in [2.75, 3.05) is 11.1 Å². The first-order valence-electron chi connectivity index (χ1n) is 5.33. The molecule has 1 aromatic carbocycles. The minimum Gasteiger partial charge on any atom is -0.378 e. The lowest BCUT2D eigenvalue weighted by atomic mass is 10.3. The van der Waals surface area contributed by atoms with E-state index in [1.54, 1.807) is 29.6 Å². The first-order chi connectivity index (χ1) is 9.04. The molecule has 3 nitrogen and oxygen atoms in total. The Bertz CT molecular complexity index is 514. The third-order valence-electron chi connectivity index (χ3n) is 2.14. The van der Waals surface area contributed by atoms with E-state index < -0.39 is 11.9 Å². The lowest BCUT2D eigenvalue weighted by Gasteiger charge is -2.11. The molecule has 0 aliphatic heterocycles. The van der Waals surface area contributed by atoms with E-state index in [1.807, 2.05) is 0 Å². The second kappa shape index (κ2) is 6.25. The van der Waals surface area contributed by atoms with E-state index in [4.69, 9.17) is 0 Å². The van der Waals surface area contributed by atoms with Gasteiger partial charge in [0.2, 0.25) is 0 Å². The van der Waals surface area contributed by atoms with Crippen molar-refractivity contribution in [2.24, 2.45) is 0 Å². The van der Waals surface area contributed by atoms with Crippen LogP contribution in [-0.4, -0.2) is 21.5 Å². The van der Waals surface area contributed by atoms with Gasteiger partial charge in [0.25, 0.3) is 0 Å². The van der Waals surface area contributed by atoms with Crippen molar-refractivity contribution in [3.63, 3.8) is 0 Å². The van der Waals surface area contributed by atoms with Gasteiger partial charge in [-0.3, -0.25) is 0 Å². The maximum absolute atomic E-state index is 12.2. The monoisotopic (exact) mass is 305 g/mol. The number of aromatic nitrogens is 2. The Morgan fingerprint density at radius 3 is 2.74 bits per heavy atom. The molecule has 2 rings (SSSR count). The van der Waals surface area contributed by atoms with Crippen LogP contribution >= 0.6 is 23.3 Å². The van der Waals surface area contributed by atoms with Crippen molar-refractivity contribution >= 4 is 29.0 Å². The van der Waals surface area contributed by atoms with Crippen LogP contribution in [0.1, 0.15) is 5.69 Å². The molecule has 19 heavy (non-hydrogen) atoms. The summed E-state index contributed by atoms with van der Waals surface area (Å²) in [4.78, 5) is 0.572. The largest absolute Gasteiger partial charge is 0.398 e. The lowest BCUT2D eigenvalue weighted by molar-refractivity contribution is -0.105. The van der Waals surface area contributed by atoms with Gasteiger partial charge in [-0.1, -0.05) is 16.6 Å². The van der Waals surface area contributed by atoms with Crippen LogP contribution in [0.25, 0.3) is 0 Å². The lowest BCUT2D eigenvalue weighted by Crippen LogP contribution is -2.11. The van der Waals surface area contributed by atoms with Gasteiger partial charge in [-0.25, -0.2) is 0 Å². The molecule has 0 radical (unpaired) electrons. The quantitative estimate of drug-likeness (QED) is 0.853. The number of rotatable bonds is 5. The SMILES string of the molecule is FC(F)(F)CSc1ccccc1NCc1csnn1. The van der Waals surface area contributed by atoms with Crippen molar-refractivity contribution < 1.29 is 13.2 Å². The summed E-state index contributed by atoms with van der Waals surface area (Å²) in [5.41, 5.74) is 1.44. The van der Waals surface area contributed by atoms with Crippen LogP contribution in [-0.2, 0) is 6.54 Å². The summed E-state index contributed by atoms with van der Waals surface area (Å²) in [6.45, 7) is 0.445. The van der Waals surface area contributed by atoms with Crippen LogP contribution in [0.2, 0.25) is 0 Å². The summed E-state index contributed by atoms with van der Waals surface area (Å²) in [7, 11) is 0. The van der Waals surface area contributed by atoms with Gasteiger partial charge in [0.1, 0.15) is 0 Å². The predicted molar refractivity (Wildman–Crippen MR) is 70.5 cm³/mol. The third kappa shape index (κ3) is 4.71. The summed E-state index contributed by atoms with van der Waals surface area (Å²) < 4.78 is 40.4. The molecule has 0 unspecified atom stereocenters. The summed E-state index contributed by atoms with van der Waals surface area (Å²) in [5.74, 6) is -0.899. The highest BCUT2D eigenvalue weighted by molar-refractivity contribution is 7.99. The molecule has 0 saturated carbocycles. The maximum atomic E-state index is 12.2. The Labute approximate surface area is 116 Å². The molecule has 0 spiro atoms. The Balaban J connectivity index is 1.99. The van der Waals surface area contributed by atoms with Crippen LogP contribution in [0, 0.1) is 0 Å². The molecule has 1 N–H and O–H groups in total. The number of hydrogen-bond acceptors (Lipinski definition) is 5. The molecule has 0 fully saturated rings. The van der Waals surface area contributed by atoms with Crippen LogP contribution in [0.15, 0.2) is 34.5 Å². The first kappa shape index (κ1) is 14.1. The molecule has 0 bridgehead atoms. The number of para-hydroxylation sites is 1. The smallest absolute Gasteiger partial charge is 0.378 e. The number of benzene rings is 1. The molecule has 0 atom stereocenters. The zero-order valence-electron chi connectivity index (χ0n) is 9.65. The fourth-order valence-corrected chi connectivity index (χ4v) is 2.59. The zero-order chi connectivity index (χ0) is 13.7. The number of hydrogen-bond donors (Lipinski definition) is 1. The standard InChI is InChI=1S/C11H10F3N3S2/c12-11(13,14)7-18-10-4-2-1-3-9(10)15-5-8-6-19-17-16-8/h1-4,6,15H,5,7H2. The highest BCUT2D eigenvalue weighted by atomic mass is 32.2. The molecule has 0 amide bonds. The zero-order valence-corrected chi connectivity index (χ0v) is 11.3. The molecule has 1 aromatic heterocycles. The Morgan fingerprint density at radius 1 is 1.26 bits per heavy atom. The van der Waals surface area contributed by atoms with Crippen LogP contribution in [0.3, 0.4) is 0 Å². The van der Waals surface area contributed by atoms with E-state index in [9.17, 15) is 13.2 Å². The number of halogens is 3. The van der Waals surface area contributed by atoms with Crippen molar-refractivity contribution in [2.45, 2.75) is 17.6 Å². The number of thioether (sulfide) groups is 1. The molecule has 1 heterocycles. The normalized spacial score (nSPS) is 11.5. The highest BCUT2D eigenvalue weighted by Gasteiger charge is 2.27. The van der Waals surface area contributed by atoms with Crippen LogP contribution in [0.4, 0.5) is 18.9 Å². The maximum Gasteiger partial charge on any atom is 0.398 e. The summed E-state index contributed by atoms with van der Waals surface area (Å²) >= 11 is 2.01. The van der Waals surface area contributed by atoms with Crippen molar-refractivity contribution in [3.8, 4) is 0 Å². The third-order valence-corrected chi connectivity index (χ3v) is 3.84. The number of alkyl halides is 3. The van der Waals surface area contributed by atoms with Crippen molar-refractivity contribution in [3.05, 3.63) is 35.3 Å². The van der Waals surface area contributed by atoms with E-state index in [-0.39, 0.29) is 0 Å². The fourth-order valence-electron chi connectivity index (χ4n) is 1.34. The fraction of sp³-hybridized carbons (Fsp3) is 0.273.